The van der Waals surface area contributed by atoms with Crippen LogP contribution in [0.1, 0.15) is 12.8 Å². The van der Waals surface area contributed by atoms with Gasteiger partial charge in [-0.2, -0.15) is 0 Å². The third-order valence-electron chi connectivity index (χ3n) is 1.15. The quantitative estimate of drug-likeness (QED) is 0.439. The molecule has 0 aromatic carbocycles. The number of hydrogen-bond acceptors (Lipinski definition) is 5. The molecule has 0 aromatic rings. The Morgan fingerprint density at radius 1 is 1.08 bits per heavy atom. The fourth-order valence-corrected chi connectivity index (χ4v) is 1.26. The summed E-state index contributed by atoms with van der Waals surface area (Å²) in [7, 11) is -2.08. The maximum Gasteiger partial charge on any atom is 0.319 e. The van der Waals surface area contributed by atoms with Gasteiger partial charge < -0.3 is 20.5 Å². The second-order valence-corrected chi connectivity index (χ2v) is 3.31. The lowest BCUT2D eigenvalue weighted by molar-refractivity contribution is 0.263. The number of rotatable bonds is 1. The first kappa shape index (κ1) is 16.0. The molecule has 7 heteroatoms. The molecule has 0 atom stereocenters. The van der Waals surface area contributed by atoms with Crippen LogP contribution in [0.2, 0.25) is 0 Å². The third-order valence-corrected chi connectivity index (χ3v) is 2.02. The molecule has 5 nitrogen and oxygen atoms in total. The minimum Gasteiger partial charge on any atom is -0.329 e. The molecule has 80 valence electrons. The molecule has 4 N–H and O–H groups in total. The van der Waals surface area contributed by atoms with Crippen LogP contribution in [0.4, 0.5) is 0 Å². The number of nitrogens with two attached hydrogens (primary N) is 2. The van der Waals surface area contributed by atoms with Crippen molar-refractivity contribution < 1.29 is 13.6 Å². The van der Waals surface area contributed by atoms with E-state index in [0.29, 0.717) is 26.3 Å². The van der Waals surface area contributed by atoms with Gasteiger partial charge in [0.15, 0.2) is 17.4 Å². The lowest BCUT2D eigenvalue weighted by Gasteiger charge is -1.94. The maximum absolute atomic E-state index is 10.4. The van der Waals surface area contributed by atoms with Crippen molar-refractivity contribution in [3.8, 4) is 0 Å². The Morgan fingerprint density at radius 3 is 1.77 bits per heavy atom. The zero-order chi connectivity index (χ0) is 9.23. The summed E-state index contributed by atoms with van der Waals surface area (Å²) in [5.74, 6) is 0. The summed E-state index contributed by atoms with van der Waals surface area (Å²) in [6.45, 7) is 2.38. The molecule has 0 unspecified atom stereocenters. The molecule has 1 fully saturated rings. The predicted octanol–water partition coefficient (Wildman–Crippen LogP) is -1.08. The third kappa shape index (κ3) is 12.6. The molecule has 1 saturated heterocycles. The highest BCUT2D eigenvalue weighted by molar-refractivity contribution is 7.33. The molecule has 1 heterocycles. The van der Waals surface area contributed by atoms with E-state index in [0.717, 1.165) is 12.8 Å². The van der Waals surface area contributed by atoms with Crippen molar-refractivity contribution in [3.63, 3.8) is 0 Å². The van der Waals surface area contributed by atoms with Gasteiger partial charge >= 0.3 is 8.25 Å². The van der Waals surface area contributed by atoms with Crippen molar-refractivity contribution in [2.24, 2.45) is 11.5 Å². The van der Waals surface area contributed by atoms with Crippen LogP contribution in [-0.2, 0) is 13.6 Å². The van der Waals surface area contributed by atoms with Gasteiger partial charge in [-0.1, -0.05) is 0 Å². The van der Waals surface area contributed by atoms with Crippen LogP contribution in [0.5, 0.6) is 0 Å². The Bertz CT molecular complexity index is 116. The van der Waals surface area contributed by atoms with E-state index in [1.165, 1.54) is 0 Å². The minimum absolute atomic E-state index is 0. The highest BCUT2D eigenvalue weighted by Crippen LogP contribution is 2.26. The van der Waals surface area contributed by atoms with Crippen LogP contribution >= 0.6 is 8.25 Å². The van der Waals surface area contributed by atoms with E-state index in [-0.39, 0.29) is 17.4 Å². The van der Waals surface area contributed by atoms with E-state index in [1.807, 2.05) is 0 Å². The average molecular weight is 226 g/mol. The van der Waals surface area contributed by atoms with E-state index in [1.54, 1.807) is 0 Å². The van der Waals surface area contributed by atoms with E-state index in [4.69, 9.17) is 20.5 Å². The van der Waals surface area contributed by atoms with E-state index in [9.17, 15) is 4.57 Å². The molecule has 0 aromatic heterocycles. The van der Waals surface area contributed by atoms with Crippen molar-refractivity contribution in [2.45, 2.75) is 12.8 Å². The SMILES string of the molecule is NCCN.O=[PH]1OCCCCO1.[AlH3]. The van der Waals surface area contributed by atoms with Crippen LogP contribution in [0.15, 0.2) is 0 Å². The fraction of sp³-hybridized carbons (Fsp3) is 1.00. The summed E-state index contributed by atoms with van der Waals surface area (Å²) in [6.07, 6.45) is 1.94. The molecule has 1 aliphatic rings. The molecular weight excluding hydrogens is 206 g/mol. The molecule has 0 aliphatic carbocycles. The molecule has 1 aliphatic heterocycles. The van der Waals surface area contributed by atoms with Gasteiger partial charge in [-0.15, -0.1) is 0 Å². The van der Waals surface area contributed by atoms with Crippen LogP contribution < -0.4 is 11.5 Å². The van der Waals surface area contributed by atoms with Crippen LogP contribution in [0, 0.1) is 0 Å². The van der Waals surface area contributed by atoms with Gasteiger partial charge in [0.25, 0.3) is 0 Å². The van der Waals surface area contributed by atoms with Crippen LogP contribution in [-0.4, -0.2) is 43.7 Å². The van der Waals surface area contributed by atoms with Crippen molar-refractivity contribution in [1.29, 1.82) is 0 Å². The summed E-state index contributed by atoms with van der Waals surface area (Å²) in [5, 5.41) is 0. The first-order valence-corrected chi connectivity index (χ1v) is 5.23. The first-order valence-electron chi connectivity index (χ1n) is 4.01. The summed E-state index contributed by atoms with van der Waals surface area (Å²) >= 11 is 0. The fourth-order valence-electron chi connectivity index (χ4n) is 0.557. The van der Waals surface area contributed by atoms with Gasteiger partial charge in [0, 0.05) is 13.1 Å². The standard InChI is InChI=1S/C4H9O3P.C2H8N2.Al.3H/c5-8-6-3-1-2-4-7-8;3-1-2-4;;;;/h8H,1-4H2;1-4H2;;;;. The Balaban J connectivity index is 0. The van der Waals surface area contributed by atoms with Crippen molar-refractivity contribution in [3.05, 3.63) is 0 Å². The Hall–Kier alpha value is 0.602. The highest BCUT2D eigenvalue weighted by Gasteiger charge is 2.03. The zero-order valence-corrected chi connectivity index (χ0v) is 8.12. The van der Waals surface area contributed by atoms with Gasteiger partial charge in [0.2, 0.25) is 0 Å². The molecule has 0 saturated carbocycles. The van der Waals surface area contributed by atoms with Gasteiger partial charge in [0.05, 0.1) is 13.2 Å². The second kappa shape index (κ2) is 12.6. The summed E-state index contributed by atoms with van der Waals surface area (Å²) < 4.78 is 19.9. The molecule has 0 radical (unpaired) electrons. The monoisotopic (exact) mass is 226 g/mol. The maximum atomic E-state index is 10.4. The average Bonchev–Trinajstić information content (AvgIpc) is 2.33. The van der Waals surface area contributed by atoms with Crippen molar-refractivity contribution in [2.75, 3.05) is 26.3 Å². The van der Waals surface area contributed by atoms with Crippen LogP contribution in [0.3, 0.4) is 0 Å². The van der Waals surface area contributed by atoms with Crippen molar-refractivity contribution in [1.82, 2.24) is 0 Å². The highest BCUT2D eigenvalue weighted by atomic mass is 31.1. The zero-order valence-electron chi connectivity index (χ0n) is 7.12. The molecule has 1 rings (SSSR count). The van der Waals surface area contributed by atoms with Crippen LogP contribution in [0.25, 0.3) is 0 Å². The molecular formula is C6H20AlN2O3P. The van der Waals surface area contributed by atoms with E-state index < -0.39 is 8.25 Å². The van der Waals surface area contributed by atoms with Gasteiger partial charge in [0.1, 0.15) is 0 Å². The lowest BCUT2D eigenvalue weighted by atomic mass is 10.3. The van der Waals surface area contributed by atoms with Gasteiger partial charge in [-0.05, 0) is 12.8 Å². The second-order valence-electron chi connectivity index (χ2n) is 2.23. The predicted molar refractivity (Wildman–Crippen MR) is 58.2 cm³/mol. The molecule has 13 heavy (non-hydrogen) atoms. The largest absolute Gasteiger partial charge is 0.329 e. The first-order chi connectivity index (χ1) is 5.81. The smallest absolute Gasteiger partial charge is 0.319 e. The van der Waals surface area contributed by atoms with Gasteiger partial charge in [-0.25, -0.2) is 0 Å². The molecule has 0 amide bonds. The normalized spacial score (nSPS) is 17.7. The van der Waals surface area contributed by atoms with E-state index in [2.05, 4.69) is 0 Å². The minimum atomic E-state index is -2.08. The topological polar surface area (TPSA) is 87.6 Å². The summed E-state index contributed by atoms with van der Waals surface area (Å²) in [5.41, 5.74) is 9.81. The molecule has 0 bridgehead atoms. The Kier molecular flexibility index (Phi) is 15.6. The Labute approximate surface area is 90.2 Å². The number of hydrogen-bond donors (Lipinski definition) is 2. The van der Waals surface area contributed by atoms with E-state index >= 15 is 0 Å². The lowest BCUT2D eigenvalue weighted by Crippen LogP contribution is -2.11. The van der Waals surface area contributed by atoms with Gasteiger partial charge in [-0.3, -0.25) is 4.57 Å². The molecule has 0 spiro atoms. The van der Waals surface area contributed by atoms with Crippen molar-refractivity contribution >= 4 is 25.6 Å². The Morgan fingerprint density at radius 2 is 1.46 bits per heavy atom. The summed E-state index contributed by atoms with van der Waals surface area (Å²) in [6, 6.07) is 0. The summed E-state index contributed by atoms with van der Waals surface area (Å²) in [4.78, 5) is 0.